The van der Waals surface area contributed by atoms with Gasteiger partial charge in [-0.05, 0) is 34.0 Å². The van der Waals surface area contributed by atoms with E-state index in [-0.39, 0.29) is 11.9 Å². The van der Waals surface area contributed by atoms with E-state index in [4.69, 9.17) is 5.73 Å². The van der Waals surface area contributed by atoms with E-state index in [9.17, 15) is 10.1 Å². The van der Waals surface area contributed by atoms with Gasteiger partial charge in [0, 0.05) is 12.6 Å². The standard InChI is InChI=1S/C14H16N4O2/c15-12(11-5-2-1-3-6-11)8-10-16-13-7-4-9-17-14(13)18(19)20/h1-7,9,12,16H,8,10,15H2. The highest BCUT2D eigenvalue weighted by Gasteiger charge is 2.13. The lowest BCUT2D eigenvalue weighted by atomic mass is 10.1. The molecule has 1 aromatic heterocycles. The summed E-state index contributed by atoms with van der Waals surface area (Å²) in [6.45, 7) is 0.544. The Morgan fingerprint density at radius 3 is 2.70 bits per heavy atom. The van der Waals surface area contributed by atoms with Crippen LogP contribution in [0.1, 0.15) is 18.0 Å². The summed E-state index contributed by atoms with van der Waals surface area (Å²) < 4.78 is 0. The average molecular weight is 272 g/mol. The van der Waals surface area contributed by atoms with Crippen molar-refractivity contribution in [3.8, 4) is 0 Å². The van der Waals surface area contributed by atoms with Crippen LogP contribution in [0.4, 0.5) is 11.5 Å². The van der Waals surface area contributed by atoms with E-state index >= 15 is 0 Å². The first kappa shape index (κ1) is 14.0. The first-order chi connectivity index (χ1) is 9.68. The number of hydrogen-bond donors (Lipinski definition) is 2. The topological polar surface area (TPSA) is 94.1 Å². The molecule has 0 bridgehead atoms. The third-order valence-electron chi connectivity index (χ3n) is 2.96. The van der Waals surface area contributed by atoms with E-state index in [0.717, 1.165) is 5.56 Å². The lowest BCUT2D eigenvalue weighted by Gasteiger charge is -2.13. The maximum Gasteiger partial charge on any atom is 0.386 e. The van der Waals surface area contributed by atoms with Crippen molar-refractivity contribution in [2.24, 2.45) is 5.73 Å². The largest absolute Gasteiger partial charge is 0.386 e. The second-order valence-electron chi connectivity index (χ2n) is 4.36. The van der Waals surface area contributed by atoms with Crippen molar-refractivity contribution in [3.63, 3.8) is 0 Å². The Morgan fingerprint density at radius 2 is 2.00 bits per heavy atom. The molecule has 0 fully saturated rings. The second-order valence-corrected chi connectivity index (χ2v) is 4.36. The highest BCUT2D eigenvalue weighted by molar-refractivity contribution is 5.56. The first-order valence-corrected chi connectivity index (χ1v) is 6.32. The molecule has 2 rings (SSSR count). The van der Waals surface area contributed by atoms with Gasteiger partial charge in [-0.1, -0.05) is 30.3 Å². The molecule has 0 aliphatic carbocycles. The molecular weight excluding hydrogens is 256 g/mol. The van der Waals surface area contributed by atoms with E-state index in [1.54, 1.807) is 12.1 Å². The molecule has 0 spiro atoms. The van der Waals surface area contributed by atoms with Crippen molar-refractivity contribution >= 4 is 11.5 Å². The predicted octanol–water partition coefficient (Wildman–Crippen LogP) is 2.49. The molecule has 1 aromatic carbocycles. The molecule has 6 nitrogen and oxygen atoms in total. The first-order valence-electron chi connectivity index (χ1n) is 6.32. The van der Waals surface area contributed by atoms with Crippen LogP contribution in [0.15, 0.2) is 48.7 Å². The highest BCUT2D eigenvalue weighted by atomic mass is 16.6. The third-order valence-corrected chi connectivity index (χ3v) is 2.96. The van der Waals surface area contributed by atoms with Gasteiger partial charge in [0.1, 0.15) is 11.9 Å². The average Bonchev–Trinajstić information content (AvgIpc) is 2.48. The van der Waals surface area contributed by atoms with Crippen LogP contribution in [-0.4, -0.2) is 16.5 Å². The monoisotopic (exact) mass is 272 g/mol. The molecule has 0 saturated carbocycles. The number of hydrogen-bond acceptors (Lipinski definition) is 5. The number of aromatic nitrogens is 1. The van der Waals surface area contributed by atoms with Crippen molar-refractivity contribution in [2.75, 3.05) is 11.9 Å². The van der Waals surface area contributed by atoms with Gasteiger partial charge >= 0.3 is 5.82 Å². The summed E-state index contributed by atoms with van der Waals surface area (Å²) in [6.07, 6.45) is 2.08. The number of rotatable bonds is 6. The fourth-order valence-electron chi connectivity index (χ4n) is 1.91. The number of nitrogens with two attached hydrogens (primary N) is 1. The van der Waals surface area contributed by atoms with Gasteiger partial charge in [0.25, 0.3) is 0 Å². The fraction of sp³-hybridized carbons (Fsp3) is 0.214. The van der Waals surface area contributed by atoms with E-state index in [1.807, 2.05) is 30.3 Å². The molecule has 20 heavy (non-hydrogen) atoms. The fourth-order valence-corrected chi connectivity index (χ4v) is 1.91. The summed E-state index contributed by atoms with van der Waals surface area (Å²) >= 11 is 0. The maximum absolute atomic E-state index is 10.8. The summed E-state index contributed by atoms with van der Waals surface area (Å²) in [5.74, 6) is -0.166. The van der Waals surface area contributed by atoms with Gasteiger partial charge in [-0.25, -0.2) is 0 Å². The van der Waals surface area contributed by atoms with E-state index in [1.165, 1.54) is 6.20 Å². The van der Waals surface area contributed by atoms with Crippen molar-refractivity contribution in [1.29, 1.82) is 0 Å². The highest BCUT2D eigenvalue weighted by Crippen LogP contribution is 2.20. The Morgan fingerprint density at radius 1 is 1.25 bits per heavy atom. The molecule has 0 aliphatic rings. The molecule has 0 saturated heterocycles. The normalized spacial score (nSPS) is 11.8. The molecule has 104 valence electrons. The van der Waals surface area contributed by atoms with Crippen LogP contribution in [0.5, 0.6) is 0 Å². The molecule has 0 aliphatic heterocycles. The summed E-state index contributed by atoms with van der Waals surface area (Å²) in [4.78, 5) is 14.1. The Bertz CT molecular complexity index is 574. The lowest BCUT2D eigenvalue weighted by Crippen LogP contribution is -2.15. The zero-order valence-electron chi connectivity index (χ0n) is 10.9. The summed E-state index contributed by atoms with van der Waals surface area (Å²) in [5.41, 5.74) is 7.53. The molecule has 0 amide bonds. The van der Waals surface area contributed by atoms with Crippen LogP contribution >= 0.6 is 0 Å². The van der Waals surface area contributed by atoms with Crippen LogP contribution in [0, 0.1) is 10.1 Å². The van der Waals surface area contributed by atoms with Gasteiger partial charge in [-0.2, -0.15) is 0 Å². The van der Waals surface area contributed by atoms with E-state index in [2.05, 4.69) is 10.3 Å². The number of benzene rings is 1. The van der Waals surface area contributed by atoms with Gasteiger partial charge in [-0.15, -0.1) is 0 Å². The number of pyridine rings is 1. The summed E-state index contributed by atoms with van der Waals surface area (Å²) in [6, 6.07) is 13.0. The Kier molecular flexibility index (Phi) is 4.62. The summed E-state index contributed by atoms with van der Waals surface area (Å²) in [7, 11) is 0. The van der Waals surface area contributed by atoms with Crippen LogP contribution < -0.4 is 11.1 Å². The number of anilines is 1. The van der Waals surface area contributed by atoms with E-state index < -0.39 is 4.92 Å². The lowest BCUT2D eigenvalue weighted by molar-refractivity contribution is -0.388. The van der Waals surface area contributed by atoms with Gasteiger partial charge in [-0.3, -0.25) is 0 Å². The minimum absolute atomic E-state index is 0.0978. The zero-order valence-corrected chi connectivity index (χ0v) is 10.9. The minimum atomic E-state index is -0.501. The van der Waals surface area contributed by atoms with Crippen LogP contribution in [0.25, 0.3) is 0 Å². The van der Waals surface area contributed by atoms with Crippen LogP contribution in [0.2, 0.25) is 0 Å². The molecule has 2 aromatic rings. The Labute approximate surface area is 116 Å². The van der Waals surface area contributed by atoms with Gasteiger partial charge < -0.3 is 21.2 Å². The Hall–Kier alpha value is -2.47. The SMILES string of the molecule is NC(CCNc1cccnc1[N+](=O)[O-])c1ccccc1. The molecule has 1 atom stereocenters. The van der Waals surface area contributed by atoms with Gasteiger partial charge in [0.05, 0.1) is 0 Å². The summed E-state index contributed by atoms with van der Waals surface area (Å²) in [5, 5.41) is 13.8. The Balaban J connectivity index is 1.92. The molecular formula is C14H16N4O2. The number of nitrogens with one attached hydrogen (secondary N) is 1. The molecule has 3 N–H and O–H groups in total. The smallest absolute Gasteiger partial charge is 0.378 e. The van der Waals surface area contributed by atoms with Crippen LogP contribution in [0.3, 0.4) is 0 Å². The number of nitro groups is 1. The zero-order chi connectivity index (χ0) is 14.4. The molecule has 1 unspecified atom stereocenters. The van der Waals surface area contributed by atoms with Gasteiger partial charge in [0.2, 0.25) is 0 Å². The predicted molar refractivity (Wildman–Crippen MR) is 77.4 cm³/mol. The quantitative estimate of drug-likeness (QED) is 0.622. The van der Waals surface area contributed by atoms with Crippen molar-refractivity contribution in [1.82, 2.24) is 4.98 Å². The number of nitrogens with zero attached hydrogens (tertiary/aromatic N) is 2. The van der Waals surface area contributed by atoms with Gasteiger partial charge in [0.15, 0.2) is 0 Å². The maximum atomic E-state index is 10.8. The van der Waals surface area contributed by atoms with Crippen molar-refractivity contribution < 1.29 is 4.92 Å². The second kappa shape index (κ2) is 6.63. The minimum Gasteiger partial charge on any atom is -0.378 e. The molecule has 6 heteroatoms. The van der Waals surface area contributed by atoms with Crippen molar-refractivity contribution in [3.05, 3.63) is 64.3 Å². The molecule has 0 radical (unpaired) electrons. The van der Waals surface area contributed by atoms with Crippen LogP contribution in [-0.2, 0) is 0 Å². The van der Waals surface area contributed by atoms with Crippen molar-refractivity contribution in [2.45, 2.75) is 12.5 Å². The van der Waals surface area contributed by atoms with E-state index in [0.29, 0.717) is 18.7 Å². The third kappa shape index (κ3) is 3.52. The molecule has 1 heterocycles.